The Morgan fingerprint density at radius 2 is 1.83 bits per heavy atom. The second-order valence-electron chi connectivity index (χ2n) is 4.12. The lowest BCUT2D eigenvalue weighted by atomic mass is 10.3. The van der Waals surface area contributed by atoms with Crippen LogP contribution in [-0.2, 0) is 10.0 Å². The largest absolute Gasteiger partial charge is 0.369 e. The number of nitrogens with two attached hydrogens (primary N) is 1. The first kappa shape index (κ1) is 14.9. The maximum atomic E-state index is 12.2. The Morgan fingerprint density at radius 3 is 2.33 bits per heavy atom. The Hall–Kier alpha value is -1.11. The maximum absolute atomic E-state index is 12.2. The Balaban J connectivity index is 3.30. The predicted octanol–water partition coefficient (Wildman–Crippen LogP) is 0.722. The molecule has 1 aromatic carbocycles. The lowest BCUT2D eigenvalue weighted by Crippen LogP contribution is -2.32. The average molecular weight is 271 g/mol. The van der Waals surface area contributed by atoms with E-state index in [0.717, 1.165) is 6.54 Å². The van der Waals surface area contributed by atoms with Crippen molar-refractivity contribution < 1.29 is 8.42 Å². The highest BCUT2D eigenvalue weighted by Crippen LogP contribution is 2.26. The van der Waals surface area contributed by atoms with Gasteiger partial charge in [-0.1, -0.05) is 12.1 Å². The molecule has 2 N–H and O–H groups in total. The molecule has 0 radical (unpaired) electrons. The first-order valence-electron chi connectivity index (χ1n) is 5.91. The van der Waals surface area contributed by atoms with E-state index >= 15 is 0 Å². The van der Waals surface area contributed by atoms with Gasteiger partial charge in [0, 0.05) is 33.7 Å². The molecule has 18 heavy (non-hydrogen) atoms. The summed E-state index contributed by atoms with van der Waals surface area (Å²) in [6, 6.07) is 7.01. The van der Waals surface area contributed by atoms with Crippen LogP contribution in [0, 0.1) is 0 Å². The van der Waals surface area contributed by atoms with Crippen LogP contribution in [0.2, 0.25) is 0 Å². The monoisotopic (exact) mass is 271 g/mol. The Bertz CT molecular complexity index is 486. The van der Waals surface area contributed by atoms with E-state index in [-0.39, 0.29) is 0 Å². The highest BCUT2D eigenvalue weighted by Gasteiger charge is 2.22. The SMILES string of the molecule is CCN(CCN)c1ccccc1S(=O)(=O)N(C)C. The van der Waals surface area contributed by atoms with Gasteiger partial charge in [-0.3, -0.25) is 0 Å². The Labute approximate surface area is 109 Å². The highest BCUT2D eigenvalue weighted by atomic mass is 32.2. The van der Waals surface area contributed by atoms with Gasteiger partial charge in [0.1, 0.15) is 4.90 Å². The standard InChI is InChI=1S/C12H21N3O2S/c1-4-15(10-9-13)11-7-5-6-8-12(11)18(16,17)14(2)3/h5-8H,4,9-10,13H2,1-3H3. The summed E-state index contributed by atoms with van der Waals surface area (Å²) >= 11 is 0. The van der Waals surface area contributed by atoms with Crippen LogP contribution in [0.15, 0.2) is 29.2 Å². The minimum atomic E-state index is -3.43. The van der Waals surface area contributed by atoms with Crippen LogP contribution >= 0.6 is 0 Å². The molecule has 0 bridgehead atoms. The topological polar surface area (TPSA) is 66.6 Å². The van der Waals surface area contributed by atoms with Crippen molar-refractivity contribution in [3.05, 3.63) is 24.3 Å². The average Bonchev–Trinajstić information content (AvgIpc) is 2.35. The van der Waals surface area contributed by atoms with Gasteiger partial charge in [0.05, 0.1) is 5.69 Å². The van der Waals surface area contributed by atoms with Gasteiger partial charge >= 0.3 is 0 Å². The second kappa shape index (κ2) is 6.17. The molecule has 0 aliphatic heterocycles. The van der Waals surface area contributed by atoms with E-state index in [1.54, 1.807) is 12.1 Å². The smallest absolute Gasteiger partial charge is 0.244 e. The van der Waals surface area contributed by atoms with Crippen LogP contribution in [0.1, 0.15) is 6.92 Å². The van der Waals surface area contributed by atoms with E-state index in [0.29, 0.717) is 23.7 Å². The fourth-order valence-electron chi connectivity index (χ4n) is 1.74. The fourth-order valence-corrected chi connectivity index (χ4v) is 2.84. The lowest BCUT2D eigenvalue weighted by Gasteiger charge is -2.25. The van der Waals surface area contributed by atoms with Gasteiger partial charge in [-0.05, 0) is 19.1 Å². The van der Waals surface area contributed by atoms with E-state index in [1.807, 2.05) is 24.0 Å². The summed E-state index contributed by atoms with van der Waals surface area (Å²) in [7, 11) is -0.364. The third-order valence-corrected chi connectivity index (χ3v) is 4.61. The van der Waals surface area contributed by atoms with Gasteiger partial charge < -0.3 is 10.6 Å². The fraction of sp³-hybridized carbons (Fsp3) is 0.500. The van der Waals surface area contributed by atoms with Gasteiger partial charge in [0.25, 0.3) is 0 Å². The van der Waals surface area contributed by atoms with Crippen LogP contribution in [0.4, 0.5) is 5.69 Å². The van der Waals surface area contributed by atoms with Crippen molar-refractivity contribution in [3.63, 3.8) is 0 Å². The lowest BCUT2D eigenvalue weighted by molar-refractivity contribution is 0.520. The first-order chi connectivity index (χ1) is 8.45. The molecule has 0 spiro atoms. The number of rotatable bonds is 6. The Kier molecular flexibility index (Phi) is 5.13. The molecule has 0 aliphatic carbocycles. The zero-order valence-corrected chi connectivity index (χ0v) is 11.9. The zero-order valence-electron chi connectivity index (χ0n) is 11.1. The van der Waals surface area contributed by atoms with Crippen LogP contribution in [0.25, 0.3) is 0 Å². The molecule has 0 aliphatic rings. The number of sulfonamides is 1. The molecule has 0 amide bonds. The first-order valence-corrected chi connectivity index (χ1v) is 7.35. The molecule has 0 unspecified atom stereocenters. The molecule has 0 saturated heterocycles. The molecule has 6 heteroatoms. The van der Waals surface area contributed by atoms with E-state index in [4.69, 9.17) is 5.73 Å². The summed E-state index contributed by atoms with van der Waals surface area (Å²) in [6.07, 6.45) is 0. The third-order valence-electron chi connectivity index (χ3n) is 2.75. The van der Waals surface area contributed by atoms with Crippen molar-refractivity contribution in [1.82, 2.24) is 4.31 Å². The molecule has 1 aromatic rings. The van der Waals surface area contributed by atoms with Crippen LogP contribution in [0.3, 0.4) is 0 Å². The van der Waals surface area contributed by atoms with Crippen LogP contribution < -0.4 is 10.6 Å². The molecule has 1 rings (SSSR count). The van der Waals surface area contributed by atoms with Crippen molar-refractivity contribution in [1.29, 1.82) is 0 Å². The molecule has 0 heterocycles. The molecule has 5 nitrogen and oxygen atoms in total. The molecule has 102 valence electrons. The molecule has 0 fully saturated rings. The second-order valence-corrected chi connectivity index (χ2v) is 6.24. The molecule has 0 aromatic heterocycles. The normalized spacial score (nSPS) is 11.8. The summed E-state index contributed by atoms with van der Waals surface area (Å²) < 4.78 is 25.7. The summed E-state index contributed by atoms with van der Waals surface area (Å²) in [4.78, 5) is 2.29. The number of likely N-dealkylation sites (N-methyl/N-ethyl adjacent to an activating group) is 1. The van der Waals surface area contributed by atoms with Crippen molar-refractivity contribution >= 4 is 15.7 Å². The number of hydrogen-bond donors (Lipinski definition) is 1. The minimum absolute atomic E-state index is 0.324. The van der Waals surface area contributed by atoms with Crippen molar-refractivity contribution in [2.45, 2.75) is 11.8 Å². The minimum Gasteiger partial charge on any atom is -0.369 e. The number of benzene rings is 1. The zero-order chi connectivity index (χ0) is 13.8. The number of anilines is 1. The number of para-hydroxylation sites is 1. The van der Waals surface area contributed by atoms with Crippen LogP contribution in [0.5, 0.6) is 0 Å². The van der Waals surface area contributed by atoms with Gasteiger partial charge in [0.2, 0.25) is 10.0 Å². The van der Waals surface area contributed by atoms with E-state index in [2.05, 4.69) is 0 Å². The maximum Gasteiger partial charge on any atom is 0.244 e. The molecule has 0 saturated carbocycles. The summed E-state index contributed by atoms with van der Waals surface area (Å²) in [5, 5.41) is 0. The Morgan fingerprint density at radius 1 is 1.22 bits per heavy atom. The van der Waals surface area contributed by atoms with Gasteiger partial charge in [-0.25, -0.2) is 12.7 Å². The van der Waals surface area contributed by atoms with E-state index in [9.17, 15) is 8.42 Å². The predicted molar refractivity (Wildman–Crippen MR) is 74.3 cm³/mol. The van der Waals surface area contributed by atoms with E-state index < -0.39 is 10.0 Å². The summed E-state index contributed by atoms with van der Waals surface area (Å²) in [6.45, 7) is 3.83. The van der Waals surface area contributed by atoms with Gasteiger partial charge in [-0.15, -0.1) is 0 Å². The number of hydrogen-bond acceptors (Lipinski definition) is 4. The summed E-state index contributed by atoms with van der Waals surface area (Å²) in [5.74, 6) is 0. The third kappa shape index (κ3) is 3.01. The van der Waals surface area contributed by atoms with Crippen molar-refractivity contribution in [2.24, 2.45) is 5.73 Å². The van der Waals surface area contributed by atoms with Gasteiger partial charge in [0.15, 0.2) is 0 Å². The van der Waals surface area contributed by atoms with Gasteiger partial charge in [-0.2, -0.15) is 0 Å². The molecule has 0 atom stereocenters. The summed E-state index contributed by atoms with van der Waals surface area (Å²) in [5.41, 5.74) is 6.27. The number of nitrogens with zero attached hydrogens (tertiary/aromatic N) is 2. The van der Waals surface area contributed by atoms with Crippen LogP contribution in [-0.4, -0.2) is 46.5 Å². The van der Waals surface area contributed by atoms with Crippen molar-refractivity contribution in [3.8, 4) is 0 Å². The molecular formula is C12H21N3O2S. The van der Waals surface area contributed by atoms with Crippen molar-refractivity contribution in [2.75, 3.05) is 38.6 Å². The quantitative estimate of drug-likeness (QED) is 0.828. The molecular weight excluding hydrogens is 250 g/mol. The van der Waals surface area contributed by atoms with E-state index in [1.165, 1.54) is 18.4 Å². The highest BCUT2D eigenvalue weighted by molar-refractivity contribution is 7.89.